The largest absolute Gasteiger partial charge is 0.331 e. The van der Waals surface area contributed by atoms with E-state index in [9.17, 15) is 14.0 Å². The number of rotatable bonds is 3. The summed E-state index contributed by atoms with van der Waals surface area (Å²) in [4.78, 5) is 24.3. The average molecular weight is 453 g/mol. The molecule has 0 radical (unpaired) electrons. The Hall–Kier alpha value is -0.960. The number of halogens is 3. The van der Waals surface area contributed by atoms with Crippen molar-refractivity contribution in [2.45, 2.75) is 20.0 Å². The maximum absolute atomic E-state index is 13.3. The second kappa shape index (κ2) is 6.21. The monoisotopic (exact) mass is 452 g/mol. The van der Waals surface area contributed by atoms with Crippen LogP contribution < -0.4 is 11.2 Å². The summed E-state index contributed by atoms with van der Waals surface area (Å²) in [6.45, 7) is 2.33. The summed E-state index contributed by atoms with van der Waals surface area (Å²) in [6.07, 6.45) is 1.53. The fourth-order valence-electron chi connectivity index (χ4n) is 1.82. The molecular formula is C13H11BrFIN2O2. The van der Waals surface area contributed by atoms with Crippen LogP contribution >= 0.6 is 38.5 Å². The van der Waals surface area contributed by atoms with Crippen LogP contribution in [0.15, 0.2) is 38.5 Å². The van der Waals surface area contributed by atoms with Gasteiger partial charge in [0.15, 0.2) is 0 Å². The Bertz CT molecular complexity index is 770. The van der Waals surface area contributed by atoms with Crippen LogP contribution in [0.25, 0.3) is 0 Å². The maximum atomic E-state index is 13.3. The van der Waals surface area contributed by atoms with Gasteiger partial charge in [-0.3, -0.25) is 13.9 Å². The van der Waals surface area contributed by atoms with Crippen molar-refractivity contribution < 1.29 is 4.39 Å². The molecule has 1 aromatic carbocycles. The number of hydrogen-bond acceptors (Lipinski definition) is 2. The Labute approximate surface area is 136 Å². The molecule has 0 saturated heterocycles. The normalized spacial score (nSPS) is 10.8. The van der Waals surface area contributed by atoms with E-state index in [-0.39, 0.29) is 12.1 Å². The van der Waals surface area contributed by atoms with Crippen molar-refractivity contribution in [2.75, 3.05) is 0 Å². The van der Waals surface area contributed by atoms with Gasteiger partial charge in [-0.25, -0.2) is 9.18 Å². The van der Waals surface area contributed by atoms with Crippen LogP contribution in [0.5, 0.6) is 0 Å². The summed E-state index contributed by atoms with van der Waals surface area (Å²) in [6, 6.07) is 4.18. The lowest BCUT2D eigenvalue weighted by atomic mass is 10.2. The predicted octanol–water partition coefficient (Wildman–Crippen LogP) is 2.58. The van der Waals surface area contributed by atoms with Crippen LogP contribution in [-0.4, -0.2) is 9.13 Å². The van der Waals surface area contributed by atoms with Crippen molar-refractivity contribution in [1.82, 2.24) is 9.13 Å². The minimum Gasteiger partial charge on any atom is -0.300 e. The van der Waals surface area contributed by atoms with Crippen molar-refractivity contribution in [3.63, 3.8) is 0 Å². The van der Waals surface area contributed by atoms with Gasteiger partial charge >= 0.3 is 5.69 Å². The van der Waals surface area contributed by atoms with Gasteiger partial charge in [0.25, 0.3) is 5.56 Å². The van der Waals surface area contributed by atoms with Gasteiger partial charge in [-0.2, -0.15) is 0 Å². The summed E-state index contributed by atoms with van der Waals surface area (Å²) in [5.74, 6) is -0.405. The lowest BCUT2D eigenvalue weighted by Gasteiger charge is -2.11. The van der Waals surface area contributed by atoms with Crippen LogP contribution in [0.4, 0.5) is 4.39 Å². The zero-order chi connectivity index (χ0) is 14.9. The van der Waals surface area contributed by atoms with E-state index in [1.807, 2.05) is 29.5 Å². The molecule has 7 heteroatoms. The number of aryl methyl sites for hydroxylation is 1. The molecule has 1 aromatic heterocycles. The highest BCUT2D eigenvalue weighted by Gasteiger charge is 2.11. The van der Waals surface area contributed by atoms with Crippen molar-refractivity contribution in [3.8, 4) is 0 Å². The highest BCUT2D eigenvalue weighted by Crippen LogP contribution is 2.18. The summed E-state index contributed by atoms with van der Waals surface area (Å²) in [7, 11) is 0. The van der Waals surface area contributed by atoms with E-state index in [2.05, 4.69) is 15.9 Å². The second-order valence-electron chi connectivity index (χ2n) is 4.17. The molecule has 0 atom stereocenters. The summed E-state index contributed by atoms with van der Waals surface area (Å²) in [5, 5.41) is 0. The molecule has 0 bridgehead atoms. The zero-order valence-electron chi connectivity index (χ0n) is 10.6. The first-order chi connectivity index (χ1) is 9.43. The fraction of sp³-hybridized carbons (Fsp3) is 0.231. The molecule has 4 nitrogen and oxygen atoms in total. The lowest BCUT2D eigenvalue weighted by molar-refractivity contribution is 0.588. The molecule has 0 saturated carbocycles. The van der Waals surface area contributed by atoms with E-state index in [1.54, 1.807) is 6.07 Å². The van der Waals surface area contributed by atoms with Gasteiger partial charge in [0.05, 0.1) is 10.1 Å². The SMILES string of the molecule is CCn1cc(I)c(=O)n(Cc2cc(F)ccc2Br)c1=O. The van der Waals surface area contributed by atoms with Crippen molar-refractivity contribution >= 4 is 38.5 Å². The summed E-state index contributed by atoms with van der Waals surface area (Å²) in [5.41, 5.74) is -0.209. The molecule has 2 rings (SSSR count). The third kappa shape index (κ3) is 3.03. The predicted molar refractivity (Wildman–Crippen MR) is 86.6 cm³/mol. The standard InChI is InChI=1S/C13H11BrFIN2O2/c1-2-17-7-11(16)12(19)18(13(17)20)6-8-5-9(15)3-4-10(8)14/h3-5,7H,2,6H2,1H3. The first kappa shape index (κ1) is 15.4. The first-order valence-electron chi connectivity index (χ1n) is 5.87. The van der Waals surface area contributed by atoms with E-state index in [0.29, 0.717) is 20.2 Å². The highest BCUT2D eigenvalue weighted by atomic mass is 127. The molecule has 0 fully saturated rings. The number of nitrogens with zero attached hydrogens (tertiary/aromatic N) is 2. The first-order valence-corrected chi connectivity index (χ1v) is 7.75. The molecule has 20 heavy (non-hydrogen) atoms. The molecule has 0 spiro atoms. The van der Waals surface area contributed by atoms with Crippen molar-refractivity contribution in [1.29, 1.82) is 0 Å². The summed E-state index contributed by atoms with van der Waals surface area (Å²) < 4.78 is 17.0. The molecular weight excluding hydrogens is 442 g/mol. The number of hydrogen-bond donors (Lipinski definition) is 0. The third-order valence-corrected chi connectivity index (χ3v) is 4.39. The van der Waals surface area contributed by atoms with Crippen molar-refractivity contribution in [3.05, 3.63) is 64.7 Å². The lowest BCUT2D eigenvalue weighted by Crippen LogP contribution is -2.41. The van der Waals surface area contributed by atoms with Gasteiger partial charge in [-0.05, 0) is 53.3 Å². The average Bonchev–Trinajstić information content (AvgIpc) is 2.42. The van der Waals surface area contributed by atoms with Gasteiger partial charge in [0, 0.05) is 17.2 Å². The quantitative estimate of drug-likeness (QED) is 0.672. The maximum Gasteiger partial charge on any atom is 0.331 e. The van der Waals surface area contributed by atoms with Crippen LogP contribution in [0.2, 0.25) is 0 Å². The molecule has 106 valence electrons. The molecule has 0 aliphatic carbocycles. The smallest absolute Gasteiger partial charge is 0.300 e. The Morgan fingerprint density at radius 3 is 2.70 bits per heavy atom. The molecule has 2 aromatic rings. The second-order valence-corrected chi connectivity index (χ2v) is 6.19. The van der Waals surface area contributed by atoms with Crippen LogP contribution in [0.1, 0.15) is 12.5 Å². The topological polar surface area (TPSA) is 44.0 Å². The number of benzene rings is 1. The number of aromatic nitrogens is 2. The minimum absolute atomic E-state index is 0.0346. The Balaban J connectivity index is 2.59. The molecule has 0 N–H and O–H groups in total. The van der Waals surface area contributed by atoms with Gasteiger partial charge < -0.3 is 0 Å². The van der Waals surface area contributed by atoms with E-state index in [4.69, 9.17) is 0 Å². The Morgan fingerprint density at radius 2 is 2.05 bits per heavy atom. The van der Waals surface area contributed by atoms with Gasteiger partial charge in [-0.15, -0.1) is 0 Å². The van der Waals surface area contributed by atoms with Crippen molar-refractivity contribution in [2.24, 2.45) is 0 Å². The van der Waals surface area contributed by atoms with E-state index >= 15 is 0 Å². The van der Waals surface area contributed by atoms with E-state index in [1.165, 1.54) is 22.9 Å². The molecule has 0 aliphatic heterocycles. The summed E-state index contributed by atoms with van der Waals surface area (Å²) >= 11 is 5.19. The fourth-order valence-corrected chi connectivity index (χ4v) is 2.82. The highest BCUT2D eigenvalue weighted by molar-refractivity contribution is 14.1. The Kier molecular flexibility index (Phi) is 4.79. The molecule has 1 heterocycles. The van der Waals surface area contributed by atoms with Crippen LogP contribution in [-0.2, 0) is 13.1 Å². The zero-order valence-corrected chi connectivity index (χ0v) is 14.3. The van der Waals surface area contributed by atoms with Crippen LogP contribution in [0.3, 0.4) is 0 Å². The molecule has 0 unspecified atom stereocenters. The van der Waals surface area contributed by atoms with Crippen LogP contribution in [0, 0.1) is 9.39 Å². The third-order valence-electron chi connectivity index (χ3n) is 2.87. The van der Waals surface area contributed by atoms with E-state index in [0.717, 1.165) is 4.57 Å². The molecule has 0 aliphatic rings. The molecule has 0 amide bonds. The minimum atomic E-state index is -0.405. The van der Waals surface area contributed by atoms with E-state index < -0.39 is 11.5 Å². The van der Waals surface area contributed by atoms with Gasteiger partial charge in [-0.1, -0.05) is 15.9 Å². The van der Waals surface area contributed by atoms with Gasteiger partial charge in [0.1, 0.15) is 5.82 Å². The Morgan fingerprint density at radius 1 is 1.35 bits per heavy atom. The van der Waals surface area contributed by atoms with Gasteiger partial charge in [0.2, 0.25) is 0 Å².